The molecular weight excluding hydrogens is 432 g/mol. The fourth-order valence-electron chi connectivity index (χ4n) is 3.24. The molecule has 1 aliphatic rings. The van der Waals surface area contributed by atoms with Crippen molar-refractivity contribution in [3.63, 3.8) is 0 Å². The van der Waals surface area contributed by atoms with Gasteiger partial charge in [-0.05, 0) is 73.7 Å². The smallest absolute Gasteiger partial charge is 0.241 e. The van der Waals surface area contributed by atoms with Crippen molar-refractivity contribution in [2.24, 2.45) is 5.10 Å². The Balaban J connectivity index is 1.91. The first-order chi connectivity index (χ1) is 14.1. The van der Waals surface area contributed by atoms with Crippen molar-refractivity contribution < 1.29 is 13.2 Å². The van der Waals surface area contributed by atoms with Crippen molar-refractivity contribution in [1.29, 1.82) is 0 Å². The highest BCUT2D eigenvalue weighted by molar-refractivity contribution is 6.34. The summed E-state index contributed by atoms with van der Waals surface area (Å²) in [5, 5.41) is 6.51. The monoisotopic (exact) mass is 452 g/mol. The standard InChI is InChI=1S/C23H21Cl2F3N2/c1-15-4-3-9-29-30(14-15)21-7-5-17(6-8-21)16(2)10-22(23(26,27)28)18-11-19(24)13-20(25)12-18/h5-14,22H,3-4H2,1-2H3. The first-order valence-electron chi connectivity index (χ1n) is 9.44. The minimum atomic E-state index is -4.47. The fourth-order valence-corrected chi connectivity index (χ4v) is 3.79. The van der Waals surface area contributed by atoms with E-state index in [0.29, 0.717) is 11.1 Å². The molecule has 2 aromatic rings. The molecule has 7 heteroatoms. The third kappa shape index (κ3) is 5.67. The highest BCUT2D eigenvalue weighted by Gasteiger charge is 2.39. The van der Waals surface area contributed by atoms with Crippen molar-refractivity contribution in [3.8, 4) is 0 Å². The van der Waals surface area contributed by atoms with E-state index in [-0.39, 0.29) is 15.6 Å². The molecule has 0 aliphatic carbocycles. The van der Waals surface area contributed by atoms with Gasteiger partial charge in [0, 0.05) is 22.5 Å². The van der Waals surface area contributed by atoms with E-state index in [1.54, 1.807) is 24.1 Å². The average molecular weight is 453 g/mol. The summed E-state index contributed by atoms with van der Waals surface area (Å²) in [6.07, 6.45) is 2.38. The highest BCUT2D eigenvalue weighted by Crippen LogP contribution is 2.39. The predicted molar refractivity (Wildman–Crippen MR) is 119 cm³/mol. The van der Waals surface area contributed by atoms with E-state index >= 15 is 0 Å². The predicted octanol–water partition coefficient (Wildman–Crippen LogP) is 8.23. The maximum Gasteiger partial charge on any atom is 0.399 e. The van der Waals surface area contributed by atoms with Crippen LogP contribution in [0.25, 0.3) is 5.57 Å². The van der Waals surface area contributed by atoms with Gasteiger partial charge >= 0.3 is 6.18 Å². The molecule has 2 nitrogen and oxygen atoms in total. The SMILES string of the molecule is CC1=CN(c2ccc(C(C)=CC(c3cc(Cl)cc(Cl)c3)C(F)(F)F)cc2)N=CCC1. The van der Waals surface area contributed by atoms with Crippen LogP contribution in [0.15, 0.2) is 65.4 Å². The van der Waals surface area contributed by atoms with Gasteiger partial charge in [0.1, 0.15) is 0 Å². The van der Waals surface area contributed by atoms with Crippen LogP contribution in [-0.4, -0.2) is 12.4 Å². The molecule has 158 valence electrons. The molecule has 0 fully saturated rings. The lowest BCUT2D eigenvalue weighted by Gasteiger charge is -2.19. The fraction of sp³-hybridized carbons (Fsp3) is 0.261. The Morgan fingerprint density at radius 2 is 1.73 bits per heavy atom. The normalized spacial score (nSPS) is 16.3. The number of hydrogen-bond acceptors (Lipinski definition) is 2. The number of rotatable bonds is 4. The molecule has 0 saturated heterocycles. The van der Waals surface area contributed by atoms with Crippen LogP contribution in [0, 0.1) is 0 Å². The van der Waals surface area contributed by atoms with Crippen LogP contribution in [0.5, 0.6) is 0 Å². The summed E-state index contributed by atoms with van der Waals surface area (Å²) in [5.41, 5.74) is 3.26. The van der Waals surface area contributed by atoms with E-state index < -0.39 is 12.1 Å². The Morgan fingerprint density at radius 1 is 1.10 bits per heavy atom. The largest absolute Gasteiger partial charge is 0.399 e. The Bertz CT molecular complexity index is 972. The van der Waals surface area contributed by atoms with Crippen LogP contribution in [-0.2, 0) is 0 Å². The third-order valence-electron chi connectivity index (χ3n) is 4.82. The van der Waals surface area contributed by atoms with Crippen molar-refractivity contribution in [3.05, 3.63) is 81.5 Å². The number of alkyl halides is 3. The van der Waals surface area contributed by atoms with E-state index in [9.17, 15) is 13.2 Å². The highest BCUT2D eigenvalue weighted by atomic mass is 35.5. The minimum Gasteiger partial charge on any atom is -0.241 e. The van der Waals surface area contributed by atoms with Crippen molar-refractivity contribution >= 4 is 40.7 Å². The van der Waals surface area contributed by atoms with Crippen LogP contribution in [0.2, 0.25) is 10.0 Å². The molecule has 1 aliphatic heterocycles. The second kappa shape index (κ2) is 9.27. The maximum absolute atomic E-state index is 13.8. The van der Waals surface area contributed by atoms with Gasteiger partial charge in [0.25, 0.3) is 0 Å². The Labute approximate surface area is 184 Å². The topological polar surface area (TPSA) is 15.6 Å². The van der Waals surface area contributed by atoms with Gasteiger partial charge in [0.05, 0.1) is 11.6 Å². The average Bonchev–Trinajstić information content (AvgIpc) is 2.88. The summed E-state index contributed by atoms with van der Waals surface area (Å²) in [5.74, 6) is -1.81. The molecule has 0 saturated carbocycles. The summed E-state index contributed by atoms with van der Waals surface area (Å²) in [4.78, 5) is 0. The third-order valence-corrected chi connectivity index (χ3v) is 5.25. The van der Waals surface area contributed by atoms with Gasteiger partial charge in [-0.3, -0.25) is 0 Å². The number of allylic oxidation sites excluding steroid dienone is 3. The second-order valence-electron chi connectivity index (χ2n) is 7.28. The van der Waals surface area contributed by atoms with Gasteiger partial charge in [-0.25, -0.2) is 5.01 Å². The van der Waals surface area contributed by atoms with Crippen LogP contribution in [0.3, 0.4) is 0 Å². The molecule has 0 aromatic heterocycles. The molecule has 2 aromatic carbocycles. The molecule has 1 unspecified atom stereocenters. The minimum absolute atomic E-state index is 0.00971. The van der Waals surface area contributed by atoms with Crippen molar-refractivity contribution in [1.82, 2.24) is 0 Å². The van der Waals surface area contributed by atoms with Crippen LogP contribution < -0.4 is 5.01 Å². The number of nitrogens with zero attached hydrogens (tertiary/aromatic N) is 2. The first-order valence-corrected chi connectivity index (χ1v) is 10.2. The molecule has 0 spiro atoms. The molecule has 0 bridgehead atoms. The van der Waals surface area contributed by atoms with Gasteiger partial charge in [-0.15, -0.1) is 0 Å². The van der Waals surface area contributed by atoms with Gasteiger partial charge < -0.3 is 0 Å². The Morgan fingerprint density at radius 3 is 2.33 bits per heavy atom. The number of hydrogen-bond donors (Lipinski definition) is 0. The molecule has 3 rings (SSSR count). The number of hydrazone groups is 1. The Hall–Kier alpha value is -2.24. The lowest BCUT2D eigenvalue weighted by Crippen LogP contribution is -2.19. The molecule has 1 heterocycles. The van der Waals surface area contributed by atoms with Gasteiger partial charge in [-0.2, -0.15) is 18.3 Å². The first kappa shape index (κ1) is 22.4. The molecule has 1 atom stereocenters. The van der Waals surface area contributed by atoms with Crippen molar-refractivity contribution in [2.45, 2.75) is 38.8 Å². The van der Waals surface area contributed by atoms with Crippen molar-refractivity contribution in [2.75, 3.05) is 5.01 Å². The summed E-state index contributed by atoms with van der Waals surface area (Å²) in [6.45, 7) is 3.70. The van der Waals surface area contributed by atoms with E-state index in [1.165, 1.54) is 29.8 Å². The van der Waals surface area contributed by atoms with Gasteiger partial charge in [-0.1, -0.05) is 47.0 Å². The molecule has 0 amide bonds. The van der Waals surface area contributed by atoms with E-state index in [4.69, 9.17) is 23.2 Å². The molecule has 0 radical (unpaired) electrons. The van der Waals surface area contributed by atoms with E-state index in [1.807, 2.05) is 31.5 Å². The summed E-state index contributed by atoms with van der Waals surface area (Å²) in [7, 11) is 0. The van der Waals surface area contributed by atoms with Crippen LogP contribution >= 0.6 is 23.2 Å². The number of anilines is 1. The maximum atomic E-state index is 13.8. The number of halogens is 5. The molecule has 0 N–H and O–H groups in total. The Kier molecular flexibility index (Phi) is 6.94. The number of benzene rings is 2. The molecule has 30 heavy (non-hydrogen) atoms. The summed E-state index contributed by atoms with van der Waals surface area (Å²) < 4.78 is 41.3. The second-order valence-corrected chi connectivity index (χ2v) is 8.15. The lowest BCUT2D eigenvalue weighted by molar-refractivity contribution is -0.139. The zero-order valence-corrected chi connectivity index (χ0v) is 18.1. The van der Waals surface area contributed by atoms with E-state index in [0.717, 1.165) is 18.5 Å². The van der Waals surface area contributed by atoms with E-state index in [2.05, 4.69) is 5.10 Å². The lowest BCUT2D eigenvalue weighted by atomic mass is 9.94. The van der Waals surface area contributed by atoms with Crippen LogP contribution in [0.4, 0.5) is 18.9 Å². The van der Waals surface area contributed by atoms with Gasteiger partial charge in [0.15, 0.2) is 0 Å². The summed E-state index contributed by atoms with van der Waals surface area (Å²) >= 11 is 11.8. The quantitative estimate of drug-likeness (QED) is 0.455. The summed E-state index contributed by atoms with van der Waals surface area (Å²) in [6, 6.07) is 11.3. The molecular formula is C23H21Cl2F3N2. The van der Waals surface area contributed by atoms with Gasteiger partial charge in [0.2, 0.25) is 0 Å². The van der Waals surface area contributed by atoms with Crippen LogP contribution in [0.1, 0.15) is 43.7 Å². The zero-order valence-electron chi connectivity index (χ0n) is 16.5. The zero-order chi connectivity index (χ0) is 21.9.